The zero-order valence-corrected chi connectivity index (χ0v) is 15.6. The molecule has 0 atom stereocenters. The number of nitrogens with one attached hydrogen (secondary N) is 1. The highest BCUT2D eigenvalue weighted by Gasteiger charge is 2.19. The van der Waals surface area contributed by atoms with Crippen molar-refractivity contribution in [1.82, 2.24) is 14.9 Å². The third kappa shape index (κ3) is 4.53. The molecule has 8 heteroatoms. The van der Waals surface area contributed by atoms with Gasteiger partial charge in [0.2, 0.25) is 5.91 Å². The topological polar surface area (TPSA) is 75.2 Å². The molecule has 3 aromatic rings. The number of halogens is 1. The summed E-state index contributed by atoms with van der Waals surface area (Å²) in [5.41, 5.74) is 1.31. The van der Waals surface area contributed by atoms with Crippen LogP contribution in [0, 0.1) is 12.7 Å². The van der Waals surface area contributed by atoms with Crippen molar-refractivity contribution < 1.29 is 14.0 Å². The number of anilines is 1. The number of hydrogen-bond acceptors (Lipinski definition) is 5. The average Bonchev–Trinajstić information content (AvgIpc) is 3.11. The maximum atomic E-state index is 13.9. The first-order chi connectivity index (χ1) is 12.9. The predicted molar refractivity (Wildman–Crippen MR) is 102 cm³/mol. The molecule has 0 unspecified atom stereocenters. The van der Waals surface area contributed by atoms with Gasteiger partial charge in [-0.05, 0) is 36.8 Å². The van der Waals surface area contributed by atoms with Gasteiger partial charge in [0.05, 0.1) is 12.7 Å². The monoisotopic (exact) mass is 384 g/mol. The highest BCUT2D eigenvalue weighted by molar-refractivity contribution is 7.16. The number of pyridine rings is 1. The van der Waals surface area contributed by atoms with Gasteiger partial charge in [-0.15, -0.1) is 11.3 Å². The number of nitrogens with zero attached hydrogens (tertiary/aromatic N) is 3. The molecule has 0 spiro atoms. The molecule has 6 nitrogen and oxygen atoms in total. The van der Waals surface area contributed by atoms with Crippen LogP contribution in [0.5, 0.6) is 0 Å². The Morgan fingerprint density at radius 1 is 1.22 bits per heavy atom. The minimum absolute atomic E-state index is 0.138. The van der Waals surface area contributed by atoms with E-state index in [1.165, 1.54) is 24.2 Å². The van der Waals surface area contributed by atoms with E-state index in [4.69, 9.17) is 0 Å². The van der Waals surface area contributed by atoms with E-state index in [-0.39, 0.29) is 18.4 Å². The third-order valence-electron chi connectivity index (χ3n) is 3.73. The number of carbonyl (C=O) groups is 2. The van der Waals surface area contributed by atoms with Crippen LogP contribution < -0.4 is 5.32 Å². The molecule has 2 amide bonds. The molecule has 1 aromatic carbocycles. The molecule has 0 saturated heterocycles. The average molecular weight is 384 g/mol. The van der Waals surface area contributed by atoms with Crippen LogP contribution in [0.1, 0.15) is 15.2 Å². The second kappa shape index (κ2) is 8.05. The van der Waals surface area contributed by atoms with E-state index in [9.17, 15) is 14.0 Å². The fraction of sp³-hybridized carbons (Fsp3) is 0.158. The van der Waals surface area contributed by atoms with E-state index in [0.717, 1.165) is 16.9 Å². The summed E-state index contributed by atoms with van der Waals surface area (Å²) in [6.07, 6.45) is 2.99. The number of rotatable bonds is 5. The van der Waals surface area contributed by atoms with Crippen LogP contribution in [-0.4, -0.2) is 40.3 Å². The standard InChI is InChI=1S/C19H17FN4O2S/c1-12-7-8-21-16(9-12)23-17(25)11-24(2)19(26)15-10-22-18(27-15)13-5-3-4-6-14(13)20/h3-10H,11H2,1-2H3,(H,21,23,25). The first-order valence-corrected chi connectivity index (χ1v) is 8.94. The highest BCUT2D eigenvalue weighted by Crippen LogP contribution is 2.27. The summed E-state index contributed by atoms with van der Waals surface area (Å²) in [6.45, 7) is 1.76. The lowest BCUT2D eigenvalue weighted by Gasteiger charge is -2.15. The lowest BCUT2D eigenvalue weighted by Crippen LogP contribution is -2.34. The van der Waals surface area contributed by atoms with E-state index in [2.05, 4.69) is 15.3 Å². The summed E-state index contributed by atoms with van der Waals surface area (Å²) >= 11 is 1.08. The Balaban J connectivity index is 1.65. The molecule has 0 aliphatic rings. The Kier molecular flexibility index (Phi) is 5.56. The second-order valence-electron chi connectivity index (χ2n) is 5.94. The molecular weight excluding hydrogens is 367 g/mol. The largest absolute Gasteiger partial charge is 0.332 e. The van der Waals surface area contributed by atoms with Crippen molar-refractivity contribution in [3.05, 3.63) is 65.0 Å². The van der Waals surface area contributed by atoms with Crippen LogP contribution >= 0.6 is 11.3 Å². The Bertz CT molecular complexity index is 989. The Labute approximate surface area is 159 Å². The Morgan fingerprint density at radius 3 is 2.74 bits per heavy atom. The fourth-order valence-electron chi connectivity index (χ4n) is 2.39. The number of amides is 2. The van der Waals surface area contributed by atoms with Crippen LogP contribution in [-0.2, 0) is 4.79 Å². The maximum absolute atomic E-state index is 13.9. The number of likely N-dealkylation sites (N-methyl/N-ethyl adjacent to an activating group) is 1. The van der Waals surface area contributed by atoms with Crippen LogP contribution in [0.25, 0.3) is 10.6 Å². The Hall–Kier alpha value is -3.13. The molecule has 0 radical (unpaired) electrons. The molecule has 2 heterocycles. The summed E-state index contributed by atoms with van der Waals surface area (Å²) in [5, 5.41) is 3.07. The molecule has 3 rings (SSSR count). The first kappa shape index (κ1) is 18.7. The van der Waals surface area contributed by atoms with Gasteiger partial charge in [-0.1, -0.05) is 12.1 Å². The predicted octanol–water partition coefficient (Wildman–Crippen LogP) is 3.36. The summed E-state index contributed by atoms with van der Waals surface area (Å²) in [5.74, 6) is -0.685. The molecule has 2 aromatic heterocycles. The van der Waals surface area contributed by atoms with Gasteiger partial charge in [0.1, 0.15) is 21.5 Å². The Morgan fingerprint density at radius 2 is 2.00 bits per heavy atom. The van der Waals surface area contributed by atoms with E-state index in [0.29, 0.717) is 21.3 Å². The van der Waals surface area contributed by atoms with Crippen LogP contribution in [0.15, 0.2) is 48.8 Å². The summed E-state index contributed by atoms with van der Waals surface area (Å²) in [4.78, 5) is 34.5. The number of hydrogen-bond donors (Lipinski definition) is 1. The van der Waals surface area contributed by atoms with Gasteiger partial charge in [0.25, 0.3) is 5.91 Å². The van der Waals surface area contributed by atoms with Crippen LogP contribution in [0.4, 0.5) is 10.2 Å². The third-order valence-corrected chi connectivity index (χ3v) is 4.75. The van der Waals surface area contributed by atoms with Gasteiger partial charge >= 0.3 is 0 Å². The number of carbonyl (C=O) groups excluding carboxylic acids is 2. The van der Waals surface area contributed by atoms with Gasteiger partial charge < -0.3 is 10.2 Å². The normalized spacial score (nSPS) is 10.5. The zero-order valence-electron chi connectivity index (χ0n) is 14.8. The van der Waals surface area contributed by atoms with Crippen molar-refractivity contribution in [3.63, 3.8) is 0 Å². The van der Waals surface area contributed by atoms with E-state index >= 15 is 0 Å². The number of benzene rings is 1. The van der Waals surface area contributed by atoms with E-state index in [1.54, 1.807) is 30.5 Å². The quantitative estimate of drug-likeness (QED) is 0.732. The molecule has 0 aliphatic carbocycles. The number of aryl methyl sites for hydroxylation is 1. The number of thiazole rings is 1. The van der Waals surface area contributed by atoms with Crippen molar-refractivity contribution in [2.45, 2.75) is 6.92 Å². The molecule has 138 valence electrons. The van der Waals surface area contributed by atoms with E-state index in [1.807, 2.05) is 13.0 Å². The van der Waals surface area contributed by atoms with Crippen LogP contribution in [0.2, 0.25) is 0 Å². The number of aromatic nitrogens is 2. The van der Waals surface area contributed by atoms with E-state index < -0.39 is 5.82 Å². The molecule has 27 heavy (non-hydrogen) atoms. The fourth-order valence-corrected chi connectivity index (χ4v) is 3.33. The van der Waals surface area contributed by atoms with Crippen LogP contribution in [0.3, 0.4) is 0 Å². The molecular formula is C19H17FN4O2S. The zero-order chi connectivity index (χ0) is 19.4. The van der Waals surface area contributed by atoms with Gasteiger partial charge in [0, 0.05) is 18.8 Å². The summed E-state index contributed by atoms with van der Waals surface area (Å²) < 4.78 is 13.9. The van der Waals surface area contributed by atoms with Gasteiger partial charge in [-0.25, -0.2) is 14.4 Å². The first-order valence-electron chi connectivity index (χ1n) is 8.13. The molecule has 0 aliphatic heterocycles. The van der Waals surface area contributed by atoms with Crippen molar-refractivity contribution >= 4 is 29.0 Å². The minimum atomic E-state index is -0.399. The van der Waals surface area contributed by atoms with Crippen molar-refractivity contribution in [1.29, 1.82) is 0 Å². The van der Waals surface area contributed by atoms with Gasteiger partial charge in [-0.2, -0.15) is 0 Å². The lowest BCUT2D eigenvalue weighted by atomic mass is 10.2. The highest BCUT2D eigenvalue weighted by atomic mass is 32.1. The second-order valence-corrected chi connectivity index (χ2v) is 6.97. The van der Waals surface area contributed by atoms with Crippen molar-refractivity contribution in [3.8, 4) is 10.6 Å². The van der Waals surface area contributed by atoms with Gasteiger partial charge in [-0.3, -0.25) is 9.59 Å². The summed E-state index contributed by atoms with van der Waals surface area (Å²) in [7, 11) is 1.52. The van der Waals surface area contributed by atoms with Crippen molar-refractivity contribution in [2.24, 2.45) is 0 Å². The maximum Gasteiger partial charge on any atom is 0.265 e. The lowest BCUT2D eigenvalue weighted by molar-refractivity contribution is -0.116. The molecule has 0 bridgehead atoms. The SMILES string of the molecule is Cc1ccnc(NC(=O)CN(C)C(=O)c2cnc(-c3ccccc3F)s2)c1. The van der Waals surface area contributed by atoms with Crippen molar-refractivity contribution in [2.75, 3.05) is 18.9 Å². The molecule has 0 saturated carbocycles. The summed E-state index contributed by atoms with van der Waals surface area (Å²) in [6, 6.07) is 9.80. The smallest absolute Gasteiger partial charge is 0.265 e. The van der Waals surface area contributed by atoms with Gasteiger partial charge in [0.15, 0.2) is 0 Å². The molecule has 1 N–H and O–H groups in total. The molecule has 0 fully saturated rings. The minimum Gasteiger partial charge on any atom is -0.332 e.